The van der Waals surface area contributed by atoms with Gasteiger partial charge in [-0.15, -0.1) is 0 Å². The van der Waals surface area contributed by atoms with Crippen LogP contribution in [0, 0.1) is 5.82 Å². The van der Waals surface area contributed by atoms with E-state index in [9.17, 15) is 9.18 Å². The van der Waals surface area contributed by atoms with Crippen molar-refractivity contribution in [3.63, 3.8) is 0 Å². The normalized spacial score (nSPS) is 28.9. The number of benzene rings is 1. The Kier molecular flexibility index (Phi) is 3.40. The van der Waals surface area contributed by atoms with Crippen LogP contribution in [0.25, 0.3) is 0 Å². The predicted octanol–water partition coefficient (Wildman–Crippen LogP) is 1.33. The van der Waals surface area contributed by atoms with E-state index in [0.29, 0.717) is 6.54 Å². The van der Waals surface area contributed by atoms with Gasteiger partial charge in [0.15, 0.2) is 0 Å². The highest BCUT2D eigenvalue weighted by molar-refractivity contribution is 5.74. The minimum atomic E-state index is -0.921. The van der Waals surface area contributed by atoms with Crippen molar-refractivity contribution in [1.29, 1.82) is 0 Å². The van der Waals surface area contributed by atoms with Crippen molar-refractivity contribution in [3.8, 4) is 0 Å². The third kappa shape index (κ3) is 2.62. The smallest absolute Gasteiger partial charge is 0.323 e. The predicted molar refractivity (Wildman–Crippen MR) is 59.1 cm³/mol. The fourth-order valence-corrected chi connectivity index (χ4v) is 1.95. The first kappa shape index (κ1) is 12.0. The van der Waals surface area contributed by atoms with E-state index in [2.05, 4.69) is 5.32 Å². The van der Waals surface area contributed by atoms with Crippen molar-refractivity contribution in [2.45, 2.75) is 25.2 Å². The van der Waals surface area contributed by atoms with Gasteiger partial charge in [-0.3, -0.25) is 10.1 Å². The molecule has 1 aromatic carbocycles. The Bertz CT molecular complexity index is 407. The lowest BCUT2D eigenvalue weighted by atomic mass is 10.0. The molecule has 0 saturated carbocycles. The molecule has 2 N–H and O–H groups in total. The molecule has 0 amide bonds. The van der Waals surface area contributed by atoms with Crippen molar-refractivity contribution in [1.82, 2.24) is 5.32 Å². The van der Waals surface area contributed by atoms with E-state index in [4.69, 9.17) is 9.84 Å². The average Bonchev–Trinajstić information content (AvgIpc) is 2.29. The Morgan fingerprint density at radius 3 is 2.65 bits per heavy atom. The fraction of sp³-hybridized carbons (Fsp3) is 0.417. The molecule has 1 aliphatic rings. The van der Waals surface area contributed by atoms with E-state index < -0.39 is 18.1 Å². The number of nitrogens with one attached hydrogen (secondary N) is 1. The first-order chi connectivity index (χ1) is 8.08. The Balaban J connectivity index is 2.06. The van der Waals surface area contributed by atoms with Gasteiger partial charge in [0, 0.05) is 6.54 Å². The maximum Gasteiger partial charge on any atom is 0.323 e. The molecule has 0 aliphatic carbocycles. The number of aliphatic carboxylic acids is 1. The van der Waals surface area contributed by atoms with E-state index in [0.717, 1.165) is 5.56 Å². The highest BCUT2D eigenvalue weighted by Gasteiger charge is 2.33. The van der Waals surface area contributed by atoms with Crippen LogP contribution in [0.3, 0.4) is 0 Å². The zero-order valence-corrected chi connectivity index (χ0v) is 9.39. The van der Waals surface area contributed by atoms with Crippen LogP contribution in [0.15, 0.2) is 24.3 Å². The second kappa shape index (κ2) is 4.81. The Morgan fingerprint density at radius 2 is 2.12 bits per heavy atom. The molecule has 17 heavy (non-hydrogen) atoms. The molecule has 2 rings (SSSR count). The molecule has 4 nitrogen and oxygen atoms in total. The Labute approximate surface area is 98.4 Å². The summed E-state index contributed by atoms with van der Waals surface area (Å²) in [7, 11) is 0. The minimum Gasteiger partial charge on any atom is -0.480 e. The van der Waals surface area contributed by atoms with Crippen molar-refractivity contribution < 1.29 is 19.0 Å². The molecule has 1 fully saturated rings. The van der Waals surface area contributed by atoms with Crippen molar-refractivity contribution in [2.75, 3.05) is 6.54 Å². The van der Waals surface area contributed by atoms with Gasteiger partial charge in [-0.25, -0.2) is 4.39 Å². The second-order valence-electron chi connectivity index (χ2n) is 4.11. The third-order valence-electron chi connectivity index (χ3n) is 2.88. The average molecular weight is 239 g/mol. The number of ether oxygens (including phenoxy) is 1. The number of carboxylic acids is 1. The highest BCUT2D eigenvalue weighted by atomic mass is 19.1. The molecule has 0 bridgehead atoms. The van der Waals surface area contributed by atoms with Crippen LogP contribution in [-0.2, 0) is 9.53 Å². The summed E-state index contributed by atoms with van der Waals surface area (Å²) in [5.74, 6) is -1.22. The lowest BCUT2D eigenvalue weighted by molar-refractivity contribution is -0.149. The van der Waals surface area contributed by atoms with Crippen molar-refractivity contribution in [2.24, 2.45) is 0 Å². The summed E-state index contributed by atoms with van der Waals surface area (Å²) < 4.78 is 18.4. The van der Waals surface area contributed by atoms with Crippen LogP contribution < -0.4 is 5.32 Å². The van der Waals surface area contributed by atoms with Gasteiger partial charge in [-0.05, 0) is 24.6 Å². The van der Waals surface area contributed by atoms with Crippen LogP contribution in [0.5, 0.6) is 0 Å². The van der Waals surface area contributed by atoms with E-state index >= 15 is 0 Å². The van der Waals surface area contributed by atoms with Crippen molar-refractivity contribution >= 4 is 5.97 Å². The minimum absolute atomic E-state index is 0.235. The molecule has 5 heteroatoms. The van der Waals surface area contributed by atoms with Gasteiger partial charge < -0.3 is 9.84 Å². The molecule has 3 atom stereocenters. The summed E-state index contributed by atoms with van der Waals surface area (Å²) in [6.07, 6.45) is -0.655. The Morgan fingerprint density at radius 1 is 1.47 bits per heavy atom. The van der Waals surface area contributed by atoms with Gasteiger partial charge in [0.25, 0.3) is 0 Å². The molecule has 0 spiro atoms. The topological polar surface area (TPSA) is 58.6 Å². The zero-order chi connectivity index (χ0) is 12.4. The molecule has 1 aliphatic heterocycles. The van der Waals surface area contributed by atoms with E-state index in [-0.39, 0.29) is 11.9 Å². The van der Waals surface area contributed by atoms with Gasteiger partial charge in [0.2, 0.25) is 0 Å². The highest BCUT2D eigenvalue weighted by Crippen LogP contribution is 2.23. The van der Waals surface area contributed by atoms with Crippen LogP contribution in [0.1, 0.15) is 18.6 Å². The van der Waals surface area contributed by atoms with Gasteiger partial charge >= 0.3 is 5.97 Å². The summed E-state index contributed by atoms with van der Waals surface area (Å²) in [6.45, 7) is 2.12. The third-order valence-corrected chi connectivity index (χ3v) is 2.88. The fourth-order valence-electron chi connectivity index (χ4n) is 1.95. The number of hydrogen-bond donors (Lipinski definition) is 2. The maximum absolute atomic E-state index is 12.8. The van der Waals surface area contributed by atoms with Crippen LogP contribution in [0.2, 0.25) is 0 Å². The number of carboxylic acid groups (broad SMARTS) is 1. The quantitative estimate of drug-likeness (QED) is 0.817. The number of carbonyl (C=O) groups is 1. The molecule has 92 valence electrons. The molecule has 0 radical (unpaired) electrons. The SMILES string of the molecule is CC1OC(c2ccc(F)cc2)CNC1C(=O)O. The van der Waals surface area contributed by atoms with Gasteiger partial charge in [0.1, 0.15) is 11.9 Å². The van der Waals surface area contributed by atoms with E-state index in [1.807, 2.05) is 0 Å². The van der Waals surface area contributed by atoms with Crippen LogP contribution in [0.4, 0.5) is 4.39 Å². The van der Waals surface area contributed by atoms with E-state index in [1.165, 1.54) is 12.1 Å². The standard InChI is InChI=1S/C12H14FNO3/c1-7-11(12(15)16)14-6-10(17-7)8-2-4-9(13)5-3-8/h2-5,7,10-11,14H,6H2,1H3,(H,15,16). The first-order valence-corrected chi connectivity index (χ1v) is 5.45. The summed E-state index contributed by atoms with van der Waals surface area (Å²) in [5, 5.41) is 11.8. The number of halogens is 1. The molecule has 1 aromatic rings. The molecule has 1 heterocycles. The van der Waals surface area contributed by atoms with Crippen LogP contribution in [-0.4, -0.2) is 29.8 Å². The summed E-state index contributed by atoms with van der Waals surface area (Å²) in [4.78, 5) is 10.9. The zero-order valence-electron chi connectivity index (χ0n) is 9.39. The first-order valence-electron chi connectivity index (χ1n) is 5.45. The van der Waals surface area contributed by atoms with Gasteiger partial charge in [-0.1, -0.05) is 12.1 Å². The number of hydrogen-bond acceptors (Lipinski definition) is 3. The van der Waals surface area contributed by atoms with Crippen molar-refractivity contribution in [3.05, 3.63) is 35.6 Å². The molecule has 3 unspecified atom stereocenters. The summed E-state index contributed by atoms with van der Waals surface area (Å²) in [6, 6.07) is 5.34. The molecular formula is C12H14FNO3. The Hall–Kier alpha value is -1.46. The van der Waals surface area contributed by atoms with Gasteiger partial charge in [-0.2, -0.15) is 0 Å². The largest absolute Gasteiger partial charge is 0.480 e. The number of morpholine rings is 1. The monoisotopic (exact) mass is 239 g/mol. The molecule has 0 aromatic heterocycles. The number of rotatable bonds is 2. The summed E-state index contributed by atoms with van der Waals surface area (Å²) >= 11 is 0. The van der Waals surface area contributed by atoms with Crippen LogP contribution >= 0.6 is 0 Å². The maximum atomic E-state index is 12.8. The lowest BCUT2D eigenvalue weighted by Gasteiger charge is -2.33. The summed E-state index contributed by atoms with van der Waals surface area (Å²) in [5.41, 5.74) is 0.842. The van der Waals surface area contributed by atoms with Gasteiger partial charge in [0.05, 0.1) is 12.2 Å². The molecule has 1 saturated heterocycles. The molecular weight excluding hydrogens is 225 g/mol. The lowest BCUT2D eigenvalue weighted by Crippen LogP contribution is -2.52. The second-order valence-corrected chi connectivity index (χ2v) is 4.11. The van der Waals surface area contributed by atoms with E-state index in [1.54, 1.807) is 19.1 Å².